The molecular formula is C25H27NO5S. The molecule has 0 unspecified atom stereocenters. The van der Waals surface area contributed by atoms with Gasteiger partial charge in [-0.15, -0.1) is 11.3 Å². The number of esters is 1. The Labute approximate surface area is 191 Å². The molecule has 0 fully saturated rings. The molecule has 32 heavy (non-hydrogen) atoms. The van der Waals surface area contributed by atoms with Crippen molar-refractivity contribution in [2.45, 2.75) is 51.6 Å². The zero-order chi connectivity index (χ0) is 23.0. The standard InChI is InChI=1S/C25H27NO5S/c1-13(2)31-25(29)22-14(3)26-17-10-16(21-6-5-9-32-21)11-19(28)24(17)23(22)15-7-8-18(27)20(12-15)30-4/h5-9,12-13,16,23,26-27H,10-11H2,1-4H3/t16-,23+/m1/s1. The molecule has 0 radical (unpaired) electrons. The van der Waals surface area contributed by atoms with Crippen molar-refractivity contribution in [3.05, 3.63) is 68.7 Å². The van der Waals surface area contributed by atoms with Gasteiger partial charge >= 0.3 is 5.97 Å². The molecule has 0 spiro atoms. The molecule has 6 nitrogen and oxygen atoms in total. The molecule has 2 aliphatic rings. The quantitative estimate of drug-likeness (QED) is 0.634. The van der Waals surface area contributed by atoms with Gasteiger partial charge in [-0.3, -0.25) is 4.79 Å². The smallest absolute Gasteiger partial charge is 0.337 e. The van der Waals surface area contributed by atoms with Gasteiger partial charge < -0.3 is 19.9 Å². The molecule has 1 aromatic heterocycles. The summed E-state index contributed by atoms with van der Waals surface area (Å²) in [5, 5.41) is 15.5. The molecule has 1 aliphatic carbocycles. The molecule has 1 aromatic carbocycles. The lowest BCUT2D eigenvalue weighted by atomic mass is 9.72. The van der Waals surface area contributed by atoms with E-state index in [1.165, 1.54) is 18.1 Å². The highest BCUT2D eigenvalue weighted by Crippen LogP contribution is 2.47. The number of dihydropyridines is 1. The highest BCUT2D eigenvalue weighted by molar-refractivity contribution is 7.10. The average Bonchev–Trinajstić information content (AvgIpc) is 3.27. The number of aromatic hydroxyl groups is 1. The van der Waals surface area contributed by atoms with E-state index < -0.39 is 11.9 Å². The van der Waals surface area contributed by atoms with Crippen LogP contribution in [0.5, 0.6) is 11.5 Å². The van der Waals surface area contributed by atoms with Crippen LogP contribution in [-0.2, 0) is 14.3 Å². The number of carbonyl (C=O) groups excluding carboxylic acids is 2. The first kappa shape index (κ1) is 22.1. The third kappa shape index (κ3) is 4.05. The topological polar surface area (TPSA) is 84.9 Å². The van der Waals surface area contributed by atoms with Crippen LogP contribution in [0.2, 0.25) is 0 Å². The van der Waals surface area contributed by atoms with Gasteiger partial charge in [0, 0.05) is 40.1 Å². The van der Waals surface area contributed by atoms with Gasteiger partial charge in [0.15, 0.2) is 17.3 Å². The molecule has 2 heterocycles. The molecule has 7 heteroatoms. The van der Waals surface area contributed by atoms with E-state index in [-0.39, 0.29) is 29.3 Å². The predicted octanol–water partition coefficient (Wildman–Crippen LogP) is 4.78. The molecule has 0 bridgehead atoms. The van der Waals surface area contributed by atoms with Crippen molar-refractivity contribution < 1.29 is 24.2 Å². The van der Waals surface area contributed by atoms with Gasteiger partial charge in [-0.2, -0.15) is 0 Å². The maximum absolute atomic E-state index is 13.5. The number of phenolic OH excluding ortho intramolecular Hbond substituents is 1. The minimum atomic E-state index is -0.594. The van der Waals surface area contributed by atoms with E-state index in [9.17, 15) is 14.7 Å². The number of thiophene rings is 1. The number of allylic oxidation sites excluding steroid dienone is 3. The third-order valence-corrected chi connectivity index (χ3v) is 6.91. The van der Waals surface area contributed by atoms with E-state index in [0.717, 1.165) is 5.70 Å². The van der Waals surface area contributed by atoms with Crippen LogP contribution in [0.3, 0.4) is 0 Å². The zero-order valence-corrected chi connectivity index (χ0v) is 19.4. The third-order valence-electron chi connectivity index (χ3n) is 5.87. The van der Waals surface area contributed by atoms with Crippen LogP contribution in [0.1, 0.15) is 55.9 Å². The summed E-state index contributed by atoms with van der Waals surface area (Å²) in [6.07, 6.45) is 0.786. The Hall–Kier alpha value is -3.06. The summed E-state index contributed by atoms with van der Waals surface area (Å²) in [6.45, 7) is 5.43. The predicted molar refractivity (Wildman–Crippen MR) is 123 cm³/mol. The Morgan fingerprint density at radius 2 is 2.03 bits per heavy atom. The monoisotopic (exact) mass is 453 g/mol. The number of Topliss-reactive ketones (excluding diaryl/α,β-unsaturated/α-hetero) is 1. The maximum Gasteiger partial charge on any atom is 0.337 e. The van der Waals surface area contributed by atoms with Crippen molar-refractivity contribution in [3.63, 3.8) is 0 Å². The van der Waals surface area contributed by atoms with Crippen molar-refractivity contribution in [2.24, 2.45) is 0 Å². The van der Waals surface area contributed by atoms with E-state index in [4.69, 9.17) is 9.47 Å². The van der Waals surface area contributed by atoms with Crippen molar-refractivity contribution >= 4 is 23.1 Å². The summed E-state index contributed by atoms with van der Waals surface area (Å²) < 4.78 is 10.8. The molecule has 168 valence electrons. The lowest BCUT2D eigenvalue weighted by molar-refractivity contribution is -0.143. The van der Waals surface area contributed by atoms with Gasteiger partial charge in [0.05, 0.1) is 18.8 Å². The first-order valence-electron chi connectivity index (χ1n) is 10.7. The second kappa shape index (κ2) is 8.82. The molecule has 2 aromatic rings. The van der Waals surface area contributed by atoms with Crippen LogP contribution in [0.15, 0.2) is 58.3 Å². The van der Waals surface area contributed by atoms with Gasteiger partial charge in [0.2, 0.25) is 0 Å². The Morgan fingerprint density at radius 1 is 1.25 bits per heavy atom. The van der Waals surface area contributed by atoms with Gasteiger partial charge in [0.1, 0.15) is 0 Å². The fraction of sp³-hybridized carbons (Fsp3) is 0.360. The largest absolute Gasteiger partial charge is 0.504 e. The fourth-order valence-electron chi connectivity index (χ4n) is 4.52. The fourth-order valence-corrected chi connectivity index (χ4v) is 5.35. The van der Waals surface area contributed by atoms with Crippen LogP contribution in [-0.4, -0.2) is 30.1 Å². The van der Waals surface area contributed by atoms with E-state index in [1.807, 2.05) is 18.4 Å². The highest BCUT2D eigenvalue weighted by atomic mass is 32.1. The van der Waals surface area contributed by atoms with Crippen molar-refractivity contribution in [3.8, 4) is 11.5 Å². The summed E-state index contributed by atoms with van der Waals surface area (Å²) in [4.78, 5) is 27.8. The van der Waals surface area contributed by atoms with Crippen LogP contribution in [0, 0.1) is 0 Å². The number of nitrogens with one attached hydrogen (secondary N) is 1. The number of ether oxygens (including phenoxy) is 2. The molecule has 2 N–H and O–H groups in total. The number of benzene rings is 1. The van der Waals surface area contributed by atoms with Gasteiger partial charge in [0.25, 0.3) is 0 Å². The first-order chi connectivity index (χ1) is 15.3. The van der Waals surface area contributed by atoms with Gasteiger partial charge in [-0.1, -0.05) is 12.1 Å². The number of phenols is 1. The van der Waals surface area contributed by atoms with Crippen molar-refractivity contribution in [1.29, 1.82) is 0 Å². The lowest BCUT2D eigenvalue weighted by Crippen LogP contribution is -2.36. The van der Waals surface area contributed by atoms with Gasteiger partial charge in [-0.05, 0) is 56.3 Å². The number of methoxy groups -OCH3 is 1. The van der Waals surface area contributed by atoms with Crippen LogP contribution >= 0.6 is 11.3 Å². The Kier molecular flexibility index (Phi) is 6.11. The molecule has 0 saturated carbocycles. The number of ketones is 1. The van der Waals surface area contributed by atoms with Crippen LogP contribution in [0.4, 0.5) is 0 Å². The summed E-state index contributed by atoms with van der Waals surface area (Å²) in [5.74, 6) is -0.640. The molecular weight excluding hydrogens is 426 g/mol. The van der Waals surface area contributed by atoms with E-state index in [1.54, 1.807) is 37.3 Å². The highest BCUT2D eigenvalue weighted by Gasteiger charge is 2.42. The first-order valence-corrected chi connectivity index (χ1v) is 11.5. The normalized spacial score (nSPS) is 20.8. The SMILES string of the molecule is COc1cc([C@H]2C(C(=O)OC(C)C)=C(C)NC3=C2C(=O)C[C@H](c2cccs2)C3)ccc1O. The molecule has 2 atom stereocenters. The number of carbonyl (C=O) groups is 2. The van der Waals surface area contributed by atoms with E-state index >= 15 is 0 Å². The van der Waals surface area contributed by atoms with Gasteiger partial charge in [-0.25, -0.2) is 4.79 Å². The number of hydrogen-bond acceptors (Lipinski definition) is 7. The second-order valence-electron chi connectivity index (χ2n) is 8.42. The average molecular weight is 454 g/mol. The molecule has 1 aliphatic heterocycles. The molecule has 0 amide bonds. The summed E-state index contributed by atoms with van der Waals surface area (Å²) in [6, 6.07) is 9.00. The molecule has 4 rings (SSSR count). The van der Waals surface area contributed by atoms with Crippen LogP contribution in [0.25, 0.3) is 0 Å². The number of rotatable bonds is 5. The minimum absolute atomic E-state index is 0.000809. The van der Waals surface area contributed by atoms with Crippen molar-refractivity contribution in [2.75, 3.05) is 7.11 Å². The van der Waals surface area contributed by atoms with E-state index in [0.29, 0.717) is 35.2 Å². The lowest BCUT2D eigenvalue weighted by Gasteiger charge is -2.36. The Bertz CT molecular complexity index is 1110. The minimum Gasteiger partial charge on any atom is -0.504 e. The second-order valence-corrected chi connectivity index (χ2v) is 9.40. The maximum atomic E-state index is 13.5. The summed E-state index contributed by atoms with van der Waals surface area (Å²) in [5.41, 5.74) is 3.22. The van der Waals surface area contributed by atoms with Crippen LogP contribution < -0.4 is 10.1 Å². The number of hydrogen-bond donors (Lipinski definition) is 2. The Morgan fingerprint density at radius 3 is 2.69 bits per heavy atom. The Balaban J connectivity index is 1.83. The summed E-state index contributed by atoms with van der Waals surface area (Å²) in [7, 11) is 1.47. The van der Waals surface area contributed by atoms with Crippen molar-refractivity contribution in [1.82, 2.24) is 5.32 Å². The zero-order valence-electron chi connectivity index (χ0n) is 18.6. The summed E-state index contributed by atoms with van der Waals surface area (Å²) >= 11 is 1.65. The molecule has 0 saturated heterocycles. The van der Waals surface area contributed by atoms with E-state index in [2.05, 4.69) is 11.4 Å².